The normalized spacial score (nSPS) is 20.7. The first-order valence-corrected chi connectivity index (χ1v) is 8.97. The van der Waals surface area contributed by atoms with E-state index in [0.717, 1.165) is 4.31 Å². The van der Waals surface area contributed by atoms with Gasteiger partial charge >= 0.3 is 5.97 Å². The lowest BCUT2D eigenvalue weighted by molar-refractivity contribution is -0.140. The lowest BCUT2D eigenvalue weighted by atomic mass is 10.3. The summed E-state index contributed by atoms with van der Waals surface area (Å²) >= 11 is 1.47. The highest BCUT2D eigenvalue weighted by molar-refractivity contribution is 7.99. The molecule has 20 heavy (non-hydrogen) atoms. The van der Waals surface area contributed by atoms with Gasteiger partial charge in [-0.05, 0) is 12.1 Å². The van der Waals surface area contributed by atoms with Gasteiger partial charge in [-0.3, -0.25) is 9.78 Å². The largest absolute Gasteiger partial charge is 0.480 e. The van der Waals surface area contributed by atoms with Crippen molar-refractivity contribution >= 4 is 27.8 Å². The van der Waals surface area contributed by atoms with Gasteiger partial charge < -0.3 is 5.11 Å². The van der Waals surface area contributed by atoms with Crippen LogP contribution in [0.15, 0.2) is 24.4 Å². The average Bonchev–Trinajstić information content (AvgIpc) is 2.46. The minimum Gasteiger partial charge on any atom is -0.480 e. The number of carboxylic acids is 1. The summed E-state index contributed by atoms with van der Waals surface area (Å²) < 4.78 is 25.7. The molecule has 1 aliphatic heterocycles. The van der Waals surface area contributed by atoms with E-state index in [1.54, 1.807) is 24.4 Å². The first kappa shape index (κ1) is 15.3. The van der Waals surface area contributed by atoms with Gasteiger partial charge in [-0.1, -0.05) is 6.07 Å². The second kappa shape index (κ2) is 6.55. The Morgan fingerprint density at radius 3 is 2.95 bits per heavy atom. The van der Waals surface area contributed by atoms with Gasteiger partial charge in [-0.15, -0.1) is 0 Å². The Hall–Kier alpha value is -1.12. The van der Waals surface area contributed by atoms with Crippen LogP contribution in [0, 0.1) is 0 Å². The SMILES string of the molecule is O=C(O)C1CSCCN1S(=O)(=O)CCc1ccccn1. The number of thioether (sulfide) groups is 1. The predicted octanol–water partition coefficient (Wildman–Crippen LogP) is 0.456. The summed E-state index contributed by atoms with van der Waals surface area (Å²) in [7, 11) is -3.58. The molecule has 0 saturated carbocycles. The molecule has 0 radical (unpaired) electrons. The van der Waals surface area contributed by atoms with Crippen molar-refractivity contribution in [3.63, 3.8) is 0 Å². The zero-order valence-corrected chi connectivity index (χ0v) is 12.4. The number of hydrogen-bond acceptors (Lipinski definition) is 5. The summed E-state index contributed by atoms with van der Waals surface area (Å²) in [6.45, 7) is 0.256. The quantitative estimate of drug-likeness (QED) is 0.849. The summed E-state index contributed by atoms with van der Waals surface area (Å²) in [5, 5.41) is 9.13. The fourth-order valence-corrected chi connectivity index (χ4v) is 4.88. The first-order chi connectivity index (χ1) is 9.50. The van der Waals surface area contributed by atoms with E-state index in [2.05, 4.69) is 4.98 Å². The van der Waals surface area contributed by atoms with Crippen molar-refractivity contribution in [1.29, 1.82) is 0 Å². The highest BCUT2D eigenvalue weighted by atomic mass is 32.2. The minimum atomic E-state index is -3.58. The molecule has 1 fully saturated rings. The van der Waals surface area contributed by atoms with Gasteiger partial charge in [0.25, 0.3) is 0 Å². The molecule has 1 aromatic rings. The van der Waals surface area contributed by atoms with Crippen LogP contribution in [0.25, 0.3) is 0 Å². The third-order valence-corrected chi connectivity index (χ3v) is 5.96. The van der Waals surface area contributed by atoms with Crippen molar-refractivity contribution in [3.05, 3.63) is 30.1 Å². The number of pyridine rings is 1. The summed E-state index contributed by atoms with van der Waals surface area (Å²) in [5.41, 5.74) is 0.689. The van der Waals surface area contributed by atoms with E-state index < -0.39 is 22.0 Å². The van der Waals surface area contributed by atoms with Crippen molar-refractivity contribution in [1.82, 2.24) is 9.29 Å². The molecule has 0 aromatic carbocycles. The monoisotopic (exact) mass is 316 g/mol. The zero-order chi connectivity index (χ0) is 14.6. The van der Waals surface area contributed by atoms with Crippen molar-refractivity contribution in [2.24, 2.45) is 0 Å². The summed E-state index contributed by atoms with van der Waals surface area (Å²) in [4.78, 5) is 15.2. The smallest absolute Gasteiger partial charge is 0.322 e. The van der Waals surface area contributed by atoms with Crippen LogP contribution in [0.2, 0.25) is 0 Å². The Kier molecular flexibility index (Phi) is 5.00. The molecule has 0 aliphatic carbocycles. The van der Waals surface area contributed by atoms with E-state index in [9.17, 15) is 13.2 Å². The molecule has 1 N–H and O–H groups in total. The molecule has 1 atom stereocenters. The number of aliphatic carboxylic acids is 1. The van der Waals surface area contributed by atoms with Crippen LogP contribution in [0.1, 0.15) is 5.69 Å². The van der Waals surface area contributed by atoms with Gasteiger partial charge in [0.1, 0.15) is 6.04 Å². The molecule has 2 rings (SSSR count). The molecule has 0 bridgehead atoms. The van der Waals surface area contributed by atoms with Gasteiger partial charge in [0.2, 0.25) is 10.0 Å². The number of sulfonamides is 1. The predicted molar refractivity (Wildman–Crippen MR) is 77.2 cm³/mol. The molecular weight excluding hydrogens is 300 g/mol. The van der Waals surface area contributed by atoms with Gasteiger partial charge in [0.05, 0.1) is 5.75 Å². The van der Waals surface area contributed by atoms with Crippen LogP contribution in [-0.2, 0) is 21.2 Å². The highest BCUT2D eigenvalue weighted by Crippen LogP contribution is 2.20. The molecule has 1 saturated heterocycles. The second-order valence-electron chi connectivity index (χ2n) is 4.43. The molecule has 8 heteroatoms. The van der Waals surface area contributed by atoms with Gasteiger partial charge in [-0.25, -0.2) is 8.42 Å². The first-order valence-electron chi connectivity index (χ1n) is 6.21. The Morgan fingerprint density at radius 2 is 2.30 bits per heavy atom. The fraction of sp³-hybridized carbons (Fsp3) is 0.500. The molecule has 1 aliphatic rings. The standard InChI is InChI=1S/C12H16N2O4S2/c15-12(16)11-9-19-7-6-14(11)20(17,18)8-4-10-3-1-2-5-13-10/h1-3,5,11H,4,6-9H2,(H,15,16). The minimum absolute atomic E-state index is 0.113. The number of rotatable bonds is 5. The number of aromatic nitrogens is 1. The molecular formula is C12H16N2O4S2. The lowest BCUT2D eigenvalue weighted by Gasteiger charge is -2.31. The molecule has 1 unspecified atom stereocenters. The maximum Gasteiger partial charge on any atom is 0.322 e. The molecule has 1 aromatic heterocycles. The van der Waals surface area contributed by atoms with Crippen molar-refractivity contribution in [3.8, 4) is 0 Å². The molecule has 0 amide bonds. The van der Waals surface area contributed by atoms with E-state index in [4.69, 9.17) is 5.11 Å². The Labute approximate surface area is 122 Å². The van der Waals surface area contributed by atoms with E-state index in [-0.39, 0.29) is 12.3 Å². The Balaban J connectivity index is 2.06. The van der Waals surface area contributed by atoms with Crippen LogP contribution >= 0.6 is 11.8 Å². The fourth-order valence-electron chi connectivity index (χ4n) is 2.01. The van der Waals surface area contributed by atoms with Gasteiger partial charge in [0, 0.05) is 36.4 Å². The van der Waals surface area contributed by atoms with Crippen molar-refractivity contribution in [2.75, 3.05) is 23.8 Å². The molecule has 110 valence electrons. The molecule has 0 spiro atoms. The number of carbonyl (C=O) groups is 1. The maximum absolute atomic E-state index is 12.3. The van der Waals surface area contributed by atoms with E-state index in [0.29, 0.717) is 23.6 Å². The van der Waals surface area contributed by atoms with Crippen LogP contribution in [0.3, 0.4) is 0 Å². The third kappa shape index (κ3) is 3.71. The lowest BCUT2D eigenvalue weighted by Crippen LogP contribution is -2.51. The Bertz CT molecular complexity index is 562. The third-order valence-electron chi connectivity index (χ3n) is 3.06. The van der Waals surface area contributed by atoms with E-state index in [1.165, 1.54) is 11.8 Å². The summed E-state index contributed by atoms with van der Waals surface area (Å²) in [6.07, 6.45) is 1.90. The summed E-state index contributed by atoms with van der Waals surface area (Å²) in [5.74, 6) is -0.262. The van der Waals surface area contributed by atoms with E-state index in [1.807, 2.05) is 0 Å². The van der Waals surface area contributed by atoms with Crippen LogP contribution in [0.4, 0.5) is 0 Å². The molecule has 6 nitrogen and oxygen atoms in total. The van der Waals surface area contributed by atoms with Crippen LogP contribution in [0.5, 0.6) is 0 Å². The number of aryl methyl sites for hydroxylation is 1. The van der Waals surface area contributed by atoms with Crippen molar-refractivity contribution in [2.45, 2.75) is 12.5 Å². The van der Waals surface area contributed by atoms with Gasteiger partial charge in [-0.2, -0.15) is 16.1 Å². The Morgan fingerprint density at radius 1 is 1.50 bits per heavy atom. The van der Waals surface area contributed by atoms with Gasteiger partial charge in [0.15, 0.2) is 0 Å². The summed E-state index contributed by atoms with van der Waals surface area (Å²) in [6, 6.07) is 4.37. The number of hydrogen-bond donors (Lipinski definition) is 1. The number of carboxylic acid groups (broad SMARTS) is 1. The van der Waals surface area contributed by atoms with E-state index >= 15 is 0 Å². The maximum atomic E-state index is 12.3. The molecule has 2 heterocycles. The van der Waals surface area contributed by atoms with Crippen LogP contribution < -0.4 is 0 Å². The zero-order valence-electron chi connectivity index (χ0n) is 10.8. The average molecular weight is 316 g/mol. The number of nitrogens with zero attached hydrogens (tertiary/aromatic N) is 2. The van der Waals surface area contributed by atoms with Crippen molar-refractivity contribution < 1.29 is 18.3 Å². The highest BCUT2D eigenvalue weighted by Gasteiger charge is 2.36. The topological polar surface area (TPSA) is 87.6 Å². The van der Waals surface area contributed by atoms with Crippen LogP contribution in [-0.4, -0.2) is 58.6 Å². The second-order valence-corrected chi connectivity index (χ2v) is 7.62.